The van der Waals surface area contributed by atoms with Crippen LogP contribution in [0.3, 0.4) is 0 Å². The molecule has 2 fully saturated rings. The third-order valence-corrected chi connectivity index (χ3v) is 5.17. The van der Waals surface area contributed by atoms with Crippen LogP contribution in [-0.2, 0) is 18.2 Å². The van der Waals surface area contributed by atoms with E-state index >= 15 is 0 Å². The van der Waals surface area contributed by atoms with Gasteiger partial charge in [0.15, 0.2) is 0 Å². The summed E-state index contributed by atoms with van der Waals surface area (Å²) < 4.78 is 7.51. The summed E-state index contributed by atoms with van der Waals surface area (Å²) in [6.07, 6.45) is 9.39. The third-order valence-electron chi connectivity index (χ3n) is 5.17. The van der Waals surface area contributed by atoms with Crippen molar-refractivity contribution in [2.75, 3.05) is 19.6 Å². The molecule has 3 heterocycles. The van der Waals surface area contributed by atoms with Crippen LogP contribution in [0.15, 0.2) is 12.4 Å². The lowest BCUT2D eigenvalue weighted by atomic mass is 10.1. The standard InChI is InChI=1S/C19H32N4O2/c1-19(2,3)25-18(24)23-16-7-8-17(23)14-22(11-9-16)10-5-6-15-12-20-21(4)13-15/h12-13,16-17H,5-11,14H2,1-4H3/t16-,17+/m1/s1. The van der Waals surface area contributed by atoms with Crippen molar-refractivity contribution >= 4 is 6.09 Å². The normalized spacial score (nSPS) is 24.4. The van der Waals surface area contributed by atoms with Gasteiger partial charge in [-0.2, -0.15) is 5.10 Å². The highest BCUT2D eigenvalue weighted by Gasteiger charge is 2.41. The zero-order valence-corrected chi connectivity index (χ0v) is 16.1. The zero-order chi connectivity index (χ0) is 18.0. The molecule has 6 nitrogen and oxygen atoms in total. The molecule has 140 valence electrons. The van der Waals surface area contributed by atoms with E-state index in [0.717, 1.165) is 51.7 Å². The Kier molecular flexibility index (Phi) is 5.37. The molecule has 0 aliphatic carbocycles. The number of fused-ring (bicyclic) bond motifs is 2. The number of nitrogens with zero attached hydrogens (tertiary/aromatic N) is 4. The van der Waals surface area contributed by atoms with E-state index in [9.17, 15) is 4.79 Å². The Hall–Kier alpha value is -1.56. The fourth-order valence-corrected chi connectivity index (χ4v) is 4.07. The summed E-state index contributed by atoms with van der Waals surface area (Å²) in [6.45, 7) is 8.96. The van der Waals surface area contributed by atoms with Crippen LogP contribution in [0.2, 0.25) is 0 Å². The van der Waals surface area contributed by atoms with Gasteiger partial charge in [-0.25, -0.2) is 4.79 Å². The van der Waals surface area contributed by atoms with Gasteiger partial charge < -0.3 is 14.5 Å². The van der Waals surface area contributed by atoms with E-state index in [1.165, 1.54) is 5.56 Å². The number of hydrogen-bond acceptors (Lipinski definition) is 4. The molecule has 1 amide bonds. The van der Waals surface area contributed by atoms with Gasteiger partial charge in [-0.1, -0.05) is 0 Å². The van der Waals surface area contributed by atoms with E-state index in [4.69, 9.17) is 4.74 Å². The molecule has 2 aliphatic rings. The van der Waals surface area contributed by atoms with E-state index < -0.39 is 5.60 Å². The fraction of sp³-hybridized carbons (Fsp3) is 0.789. The smallest absolute Gasteiger partial charge is 0.410 e. The minimum atomic E-state index is -0.424. The molecule has 0 unspecified atom stereocenters. The molecule has 2 atom stereocenters. The van der Waals surface area contributed by atoms with Crippen LogP contribution in [0.5, 0.6) is 0 Å². The molecular weight excluding hydrogens is 316 g/mol. The molecule has 0 N–H and O–H groups in total. The quantitative estimate of drug-likeness (QED) is 0.839. The number of rotatable bonds is 4. The van der Waals surface area contributed by atoms with Crippen molar-refractivity contribution in [1.29, 1.82) is 0 Å². The molecular formula is C19H32N4O2. The second-order valence-corrected chi connectivity index (χ2v) is 8.49. The first-order chi connectivity index (χ1) is 11.8. The molecule has 25 heavy (non-hydrogen) atoms. The average Bonchev–Trinajstić information content (AvgIpc) is 3.02. The summed E-state index contributed by atoms with van der Waals surface area (Å²) in [5, 5.41) is 4.23. The zero-order valence-electron chi connectivity index (χ0n) is 16.1. The minimum absolute atomic E-state index is 0.128. The number of carbonyl (C=O) groups is 1. The van der Waals surface area contributed by atoms with Gasteiger partial charge >= 0.3 is 6.09 Å². The van der Waals surface area contributed by atoms with Crippen molar-refractivity contribution in [1.82, 2.24) is 19.6 Å². The molecule has 0 saturated carbocycles. The largest absolute Gasteiger partial charge is 0.444 e. The van der Waals surface area contributed by atoms with Crippen LogP contribution in [-0.4, -0.2) is 63.0 Å². The van der Waals surface area contributed by atoms with E-state index in [-0.39, 0.29) is 6.09 Å². The molecule has 1 aromatic rings. The van der Waals surface area contributed by atoms with Crippen LogP contribution in [0, 0.1) is 0 Å². The van der Waals surface area contributed by atoms with Crippen molar-refractivity contribution in [3.8, 4) is 0 Å². The Morgan fingerprint density at radius 2 is 2.04 bits per heavy atom. The maximum absolute atomic E-state index is 12.6. The van der Waals surface area contributed by atoms with Crippen molar-refractivity contribution in [2.24, 2.45) is 7.05 Å². The summed E-state index contributed by atoms with van der Waals surface area (Å²) in [6, 6.07) is 0.656. The average molecular weight is 348 g/mol. The molecule has 0 aromatic carbocycles. The number of hydrogen-bond donors (Lipinski definition) is 0. The van der Waals surface area contributed by atoms with E-state index in [1.807, 2.05) is 43.6 Å². The van der Waals surface area contributed by atoms with Crippen LogP contribution in [0.4, 0.5) is 4.79 Å². The maximum Gasteiger partial charge on any atom is 0.410 e. The molecule has 2 saturated heterocycles. The van der Waals surface area contributed by atoms with Gasteiger partial charge in [-0.15, -0.1) is 0 Å². The van der Waals surface area contributed by atoms with Gasteiger partial charge in [-0.3, -0.25) is 4.68 Å². The Bertz CT molecular complexity index is 592. The van der Waals surface area contributed by atoms with Crippen LogP contribution >= 0.6 is 0 Å². The van der Waals surface area contributed by atoms with Crippen LogP contribution in [0.25, 0.3) is 0 Å². The first-order valence-corrected chi connectivity index (χ1v) is 9.53. The summed E-state index contributed by atoms with van der Waals surface area (Å²) in [5.41, 5.74) is 0.876. The Morgan fingerprint density at radius 3 is 2.72 bits per heavy atom. The van der Waals surface area contributed by atoms with Crippen molar-refractivity contribution in [3.05, 3.63) is 18.0 Å². The Balaban J connectivity index is 1.52. The highest BCUT2D eigenvalue weighted by molar-refractivity contribution is 5.69. The van der Waals surface area contributed by atoms with Crippen LogP contribution in [0.1, 0.15) is 52.0 Å². The SMILES string of the molecule is Cn1cc(CCCN2CC[C@H]3CC[C@@H](C2)N3C(=O)OC(C)(C)C)cn1. The number of ether oxygens (including phenoxy) is 1. The third kappa shape index (κ3) is 4.75. The van der Waals surface area contributed by atoms with Crippen molar-refractivity contribution < 1.29 is 9.53 Å². The summed E-state index contributed by atoms with van der Waals surface area (Å²) >= 11 is 0. The maximum atomic E-state index is 12.6. The monoisotopic (exact) mass is 348 g/mol. The Morgan fingerprint density at radius 1 is 1.28 bits per heavy atom. The lowest BCUT2D eigenvalue weighted by Gasteiger charge is -2.31. The minimum Gasteiger partial charge on any atom is -0.444 e. The van der Waals surface area contributed by atoms with Crippen molar-refractivity contribution in [3.63, 3.8) is 0 Å². The summed E-state index contributed by atoms with van der Waals surface area (Å²) in [5.74, 6) is 0. The van der Waals surface area contributed by atoms with E-state index in [0.29, 0.717) is 12.1 Å². The highest BCUT2D eigenvalue weighted by Crippen LogP contribution is 2.31. The van der Waals surface area contributed by atoms with E-state index in [1.54, 1.807) is 0 Å². The topological polar surface area (TPSA) is 50.6 Å². The number of aryl methyl sites for hydroxylation is 2. The number of aromatic nitrogens is 2. The lowest BCUT2D eigenvalue weighted by molar-refractivity contribution is 0.0153. The van der Waals surface area contributed by atoms with Gasteiger partial charge in [-0.05, 0) is 65.0 Å². The number of carbonyl (C=O) groups excluding carboxylic acids is 1. The number of amides is 1. The van der Waals surface area contributed by atoms with Crippen molar-refractivity contribution in [2.45, 2.75) is 70.6 Å². The fourth-order valence-electron chi connectivity index (χ4n) is 4.07. The molecule has 1 aromatic heterocycles. The van der Waals surface area contributed by atoms with Gasteiger partial charge in [0.05, 0.1) is 6.20 Å². The van der Waals surface area contributed by atoms with Crippen LogP contribution < -0.4 is 0 Å². The first kappa shape index (κ1) is 18.2. The highest BCUT2D eigenvalue weighted by atomic mass is 16.6. The van der Waals surface area contributed by atoms with Gasteiger partial charge in [0.25, 0.3) is 0 Å². The predicted octanol–water partition coefficient (Wildman–Crippen LogP) is 2.83. The van der Waals surface area contributed by atoms with Gasteiger partial charge in [0.1, 0.15) is 5.60 Å². The number of likely N-dealkylation sites (tertiary alicyclic amines) is 1. The van der Waals surface area contributed by atoms with Gasteiger partial charge in [0.2, 0.25) is 0 Å². The molecule has 2 bridgehead atoms. The molecule has 2 aliphatic heterocycles. The van der Waals surface area contributed by atoms with Gasteiger partial charge in [0, 0.05) is 38.4 Å². The molecule has 3 rings (SSSR count). The molecule has 0 radical (unpaired) electrons. The summed E-state index contributed by atoms with van der Waals surface area (Å²) in [4.78, 5) is 17.2. The molecule has 0 spiro atoms. The second-order valence-electron chi connectivity index (χ2n) is 8.49. The second kappa shape index (κ2) is 7.36. The lowest BCUT2D eigenvalue weighted by Crippen LogP contribution is -2.45. The summed E-state index contributed by atoms with van der Waals surface area (Å²) in [7, 11) is 1.96. The molecule has 6 heteroatoms. The predicted molar refractivity (Wildman–Crippen MR) is 97.5 cm³/mol. The van der Waals surface area contributed by atoms with E-state index in [2.05, 4.69) is 16.2 Å². The Labute approximate surface area is 151 Å². The first-order valence-electron chi connectivity index (χ1n) is 9.53.